The van der Waals surface area contributed by atoms with E-state index in [0.29, 0.717) is 0 Å². The Hall–Kier alpha value is -1.68. The van der Waals surface area contributed by atoms with E-state index >= 15 is 0 Å². The van der Waals surface area contributed by atoms with Crippen molar-refractivity contribution in [2.45, 2.75) is 82.8 Å². The molecule has 0 spiro atoms. The number of hydrogen-bond donors (Lipinski definition) is 0. The molecular formula is C18H27BrO9. The van der Waals surface area contributed by atoms with E-state index in [9.17, 15) is 19.2 Å². The molecule has 0 aromatic heterocycles. The molecule has 160 valence electrons. The second-order valence-electron chi connectivity index (χ2n) is 5.99. The minimum Gasteiger partial charge on any atom is -0.463 e. The van der Waals surface area contributed by atoms with Crippen LogP contribution in [0.5, 0.6) is 0 Å². The van der Waals surface area contributed by atoms with Gasteiger partial charge < -0.3 is 23.7 Å². The second-order valence-corrected chi connectivity index (χ2v) is 6.89. The Balaban J connectivity index is 3.17. The number of ether oxygens (including phenoxy) is 5. The van der Waals surface area contributed by atoms with Gasteiger partial charge in [0.15, 0.2) is 23.3 Å². The summed E-state index contributed by atoms with van der Waals surface area (Å²) in [5.74, 6) is -2.12. The minimum absolute atomic E-state index is 0.0721. The van der Waals surface area contributed by atoms with Crippen molar-refractivity contribution < 1.29 is 42.9 Å². The summed E-state index contributed by atoms with van der Waals surface area (Å²) in [5.41, 5.74) is 0. The van der Waals surface area contributed by atoms with Crippen LogP contribution >= 0.6 is 15.9 Å². The molecule has 0 N–H and O–H groups in total. The van der Waals surface area contributed by atoms with Gasteiger partial charge >= 0.3 is 23.9 Å². The lowest BCUT2D eigenvalue weighted by molar-refractivity contribution is -0.238. The third-order valence-electron chi connectivity index (χ3n) is 3.94. The maximum atomic E-state index is 12.0. The van der Waals surface area contributed by atoms with Gasteiger partial charge in [-0.05, 0) is 0 Å². The highest BCUT2D eigenvalue weighted by Crippen LogP contribution is 2.32. The maximum Gasteiger partial charge on any atom is 0.306 e. The predicted molar refractivity (Wildman–Crippen MR) is 99.4 cm³/mol. The van der Waals surface area contributed by atoms with Crippen molar-refractivity contribution in [2.75, 3.05) is 6.61 Å². The molecule has 9 nitrogen and oxygen atoms in total. The van der Waals surface area contributed by atoms with E-state index in [1.807, 2.05) is 0 Å². The molecule has 1 fully saturated rings. The SMILES string of the molecule is CCC(=O)OC[C@H]1O[C@H](Br)[C@H](OC(=O)CC)[C@@H](OC(=O)CC)[C@@H]1OC(=O)CC. The fraction of sp³-hybridized carbons (Fsp3) is 0.778. The van der Waals surface area contributed by atoms with E-state index < -0.39 is 53.3 Å². The summed E-state index contributed by atoms with van der Waals surface area (Å²) in [6.45, 7) is 6.24. The average molecular weight is 467 g/mol. The summed E-state index contributed by atoms with van der Waals surface area (Å²) < 4.78 is 27.1. The van der Waals surface area contributed by atoms with Gasteiger partial charge in [-0.15, -0.1) is 0 Å². The zero-order valence-electron chi connectivity index (χ0n) is 16.5. The number of carbonyl (C=O) groups excluding carboxylic acids is 4. The molecular weight excluding hydrogens is 440 g/mol. The van der Waals surface area contributed by atoms with Gasteiger partial charge in [-0.3, -0.25) is 19.2 Å². The van der Waals surface area contributed by atoms with Gasteiger partial charge in [-0.25, -0.2) is 0 Å². The fourth-order valence-corrected chi connectivity index (χ4v) is 3.07. The van der Waals surface area contributed by atoms with Gasteiger partial charge in [-0.1, -0.05) is 43.6 Å². The van der Waals surface area contributed by atoms with Gasteiger partial charge in [0.1, 0.15) is 12.7 Å². The van der Waals surface area contributed by atoms with Crippen molar-refractivity contribution >= 4 is 39.8 Å². The third-order valence-corrected chi connectivity index (χ3v) is 4.68. The van der Waals surface area contributed by atoms with E-state index in [4.69, 9.17) is 23.7 Å². The largest absolute Gasteiger partial charge is 0.463 e. The van der Waals surface area contributed by atoms with E-state index in [0.717, 1.165) is 0 Å². The van der Waals surface area contributed by atoms with E-state index in [1.165, 1.54) is 0 Å². The molecule has 1 saturated heterocycles. The van der Waals surface area contributed by atoms with Gasteiger partial charge in [0, 0.05) is 25.7 Å². The molecule has 1 aliphatic heterocycles. The van der Waals surface area contributed by atoms with Crippen molar-refractivity contribution in [3.05, 3.63) is 0 Å². The summed E-state index contributed by atoms with van der Waals surface area (Å²) >= 11 is 3.27. The normalized spacial score (nSPS) is 26.8. The Bertz CT molecular complexity index is 565. The summed E-state index contributed by atoms with van der Waals surface area (Å²) in [5, 5.41) is -0.862. The van der Waals surface area contributed by atoms with Crippen molar-refractivity contribution in [2.24, 2.45) is 0 Å². The Morgan fingerprint density at radius 2 is 1.14 bits per heavy atom. The first-order chi connectivity index (χ1) is 13.3. The fourth-order valence-electron chi connectivity index (χ4n) is 2.38. The van der Waals surface area contributed by atoms with Crippen LogP contribution in [0.1, 0.15) is 53.4 Å². The second kappa shape index (κ2) is 12.0. The monoisotopic (exact) mass is 466 g/mol. The molecule has 0 unspecified atom stereocenters. The number of esters is 4. The van der Waals surface area contributed by atoms with Crippen LogP contribution < -0.4 is 0 Å². The Morgan fingerprint density at radius 3 is 1.61 bits per heavy atom. The zero-order chi connectivity index (χ0) is 21.3. The predicted octanol–water partition coefficient (Wildman–Crippen LogP) is 2.02. The molecule has 0 amide bonds. The van der Waals surface area contributed by atoms with E-state index in [2.05, 4.69) is 15.9 Å². The Kier molecular flexibility index (Phi) is 10.4. The lowest BCUT2D eigenvalue weighted by atomic mass is 9.99. The minimum atomic E-state index is -1.12. The lowest BCUT2D eigenvalue weighted by Crippen LogP contribution is -2.61. The molecule has 5 atom stereocenters. The van der Waals surface area contributed by atoms with Crippen LogP contribution in [0.3, 0.4) is 0 Å². The standard InChI is InChI=1S/C18H27BrO9/c1-5-11(20)24-9-10-15(26-12(21)6-2)16(27-13(22)7-3)17(18(19)25-10)28-14(23)8-4/h10,15-18H,5-9H2,1-4H3/t10-,15-,16+,17-,18+/m1/s1. The molecule has 0 saturated carbocycles. The van der Waals surface area contributed by atoms with Gasteiger partial charge in [0.25, 0.3) is 0 Å². The van der Waals surface area contributed by atoms with Crippen molar-refractivity contribution in [1.29, 1.82) is 0 Å². The third kappa shape index (κ3) is 7.05. The molecule has 0 aromatic rings. The molecule has 1 aliphatic rings. The Morgan fingerprint density at radius 1 is 0.714 bits per heavy atom. The van der Waals surface area contributed by atoms with Crippen molar-refractivity contribution in [1.82, 2.24) is 0 Å². The van der Waals surface area contributed by atoms with Crippen LogP contribution in [0, 0.1) is 0 Å². The number of hydrogen-bond acceptors (Lipinski definition) is 9. The van der Waals surface area contributed by atoms with Crippen LogP contribution in [0.4, 0.5) is 0 Å². The van der Waals surface area contributed by atoms with Crippen LogP contribution in [0.25, 0.3) is 0 Å². The number of carbonyl (C=O) groups is 4. The summed E-state index contributed by atoms with van der Waals surface area (Å²) in [6.07, 6.45) is -3.79. The van der Waals surface area contributed by atoms with Crippen LogP contribution in [-0.2, 0) is 42.9 Å². The lowest BCUT2D eigenvalue weighted by Gasteiger charge is -2.43. The average Bonchev–Trinajstić information content (AvgIpc) is 2.69. The molecule has 1 rings (SSSR count). The Labute approximate surface area is 172 Å². The van der Waals surface area contributed by atoms with Gasteiger partial charge in [-0.2, -0.15) is 0 Å². The van der Waals surface area contributed by atoms with Crippen molar-refractivity contribution in [3.8, 4) is 0 Å². The van der Waals surface area contributed by atoms with Crippen LogP contribution in [0.2, 0.25) is 0 Å². The van der Waals surface area contributed by atoms with Gasteiger partial charge in [0.2, 0.25) is 0 Å². The van der Waals surface area contributed by atoms with Gasteiger partial charge in [0.05, 0.1) is 0 Å². The highest BCUT2D eigenvalue weighted by Gasteiger charge is 2.51. The van der Waals surface area contributed by atoms with Crippen LogP contribution in [-0.4, -0.2) is 59.9 Å². The first-order valence-electron chi connectivity index (χ1n) is 9.30. The highest BCUT2D eigenvalue weighted by molar-refractivity contribution is 9.09. The molecule has 0 radical (unpaired) electrons. The molecule has 10 heteroatoms. The zero-order valence-corrected chi connectivity index (χ0v) is 18.1. The molecule has 28 heavy (non-hydrogen) atoms. The number of halogens is 1. The van der Waals surface area contributed by atoms with E-state index in [-0.39, 0.29) is 32.3 Å². The summed E-state index contributed by atoms with van der Waals surface area (Å²) in [6, 6.07) is 0. The summed E-state index contributed by atoms with van der Waals surface area (Å²) in [4.78, 5) is 47.3. The van der Waals surface area contributed by atoms with Crippen LogP contribution in [0.15, 0.2) is 0 Å². The first kappa shape index (κ1) is 24.4. The molecule has 0 bridgehead atoms. The smallest absolute Gasteiger partial charge is 0.306 e. The first-order valence-corrected chi connectivity index (χ1v) is 10.2. The van der Waals surface area contributed by atoms with E-state index in [1.54, 1.807) is 27.7 Å². The van der Waals surface area contributed by atoms with Crippen molar-refractivity contribution in [3.63, 3.8) is 0 Å². The molecule has 0 aliphatic carbocycles. The topological polar surface area (TPSA) is 114 Å². The number of alkyl halides is 1. The quantitative estimate of drug-likeness (QED) is 0.285. The maximum absolute atomic E-state index is 12.0. The summed E-state index contributed by atoms with van der Waals surface area (Å²) in [7, 11) is 0. The molecule has 1 heterocycles. The number of rotatable bonds is 9. The molecule has 0 aromatic carbocycles. The highest BCUT2D eigenvalue weighted by atomic mass is 79.9.